The quantitative estimate of drug-likeness (QED) is 0.719. The maximum Gasteiger partial charge on any atom is 0.248 e. The topological polar surface area (TPSA) is 103 Å². The molecule has 0 saturated carbocycles. The minimum absolute atomic E-state index is 0.00418. The molecule has 4 N–H and O–H groups in total. The van der Waals surface area contributed by atoms with Crippen LogP contribution in [0.2, 0.25) is 0 Å². The summed E-state index contributed by atoms with van der Waals surface area (Å²) < 4.78 is 10.3. The zero-order valence-corrected chi connectivity index (χ0v) is 13.5. The van der Waals surface area contributed by atoms with Crippen LogP contribution in [0, 0.1) is 0 Å². The predicted molar refractivity (Wildman–Crippen MR) is 91.6 cm³/mol. The van der Waals surface area contributed by atoms with Gasteiger partial charge in [-0.25, -0.2) is 0 Å². The maximum absolute atomic E-state index is 12.1. The van der Waals surface area contributed by atoms with Gasteiger partial charge in [0.25, 0.3) is 0 Å². The van der Waals surface area contributed by atoms with E-state index in [0.717, 1.165) is 0 Å². The first-order valence-electron chi connectivity index (χ1n) is 7.19. The summed E-state index contributed by atoms with van der Waals surface area (Å²) in [6.45, 7) is -0.00418. The third-order valence-corrected chi connectivity index (χ3v) is 3.28. The molecule has 7 heteroatoms. The van der Waals surface area contributed by atoms with Crippen molar-refractivity contribution >= 4 is 23.2 Å². The summed E-state index contributed by atoms with van der Waals surface area (Å²) in [7, 11) is 3.06. The highest BCUT2D eigenvalue weighted by molar-refractivity contribution is 5.96. The van der Waals surface area contributed by atoms with Crippen molar-refractivity contribution in [1.82, 2.24) is 0 Å². The Morgan fingerprint density at radius 3 is 2.54 bits per heavy atom. The van der Waals surface area contributed by atoms with Crippen LogP contribution in [0.15, 0.2) is 42.5 Å². The van der Waals surface area contributed by atoms with Gasteiger partial charge in [-0.15, -0.1) is 0 Å². The minimum Gasteiger partial charge on any atom is -0.497 e. The first kappa shape index (κ1) is 17.1. The van der Waals surface area contributed by atoms with E-state index in [2.05, 4.69) is 10.6 Å². The molecule has 0 heterocycles. The number of hydrogen-bond acceptors (Lipinski definition) is 5. The average Bonchev–Trinajstić information content (AvgIpc) is 2.59. The van der Waals surface area contributed by atoms with Gasteiger partial charge in [-0.2, -0.15) is 0 Å². The summed E-state index contributed by atoms with van der Waals surface area (Å²) in [5.41, 5.74) is 6.72. The summed E-state index contributed by atoms with van der Waals surface area (Å²) >= 11 is 0. The third-order valence-electron chi connectivity index (χ3n) is 3.28. The lowest BCUT2D eigenvalue weighted by atomic mass is 10.1. The van der Waals surface area contributed by atoms with E-state index in [1.807, 2.05) is 0 Å². The number of carbonyl (C=O) groups is 2. The van der Waals surface area contributed by atoms with Crippen LogP contribution >= 0.6 is 0 Å². The smallest absolute Gasteiger partial charge is 0.248 e. The highest BCUT2D eigenvalue weighted by Gasteiger charge is 2.09. The van der Waals surface area contributed by atoms with Crippen LogP contribution in [0.1, 0.15) is 10.4 Å². The molecule has 0 spiro atoms. The van der Waals surface area contributed by atoms with Gasteiger partial charge in [0.05, 0.1) is 26.5 Å². The van der Waals surface area contributed by atoms with Crippen LogP contribution in [0.25, 0.3) is 0 Å². The van der Waals surface area contributed by atoms with Crippen molar-refractivity contribution in [2.75, 3.05) is 31.4 Å². The number of amides is 2. The molecular formula is C17H19N3O4. The van der Waals surface area contributed by atoms with Gasteiger partial charge in [-0.3, -0.25) is 9.59 Å². The Labute approximate surface area is 139 Å². The second-order valence-corrected chi connectivity index (χ2v) is 4.91. The number of hydrogen-bond donors (Lipinski definition) is 3. The number of anilines is 2. The van der Waals surface area contributed by atoms with Gasteiger partial charge >= 0.3 is 0 Å². The summed E-state index contributed by atoms with van der Waals surface area (Å²) in [5.74, 6) is 0.349. The second kappa shape index (κ2) is 7.87. The fraction of sp³-hybridized carbons (Fsp3) is 0.176. The van der Waals surface area contributed by atoms with Gasteiger partial charge in [-0.05, 0) is 30.3 Å². The van der Waals surface area contributed by atoms with Crippen molar-refractivity contribution in [1.29, 1.82) is 0 Å². The van der Waals surface area contributed by atoms with E-state index in [1.54, 1.807) is 49.6 Å². The fourth-order valence-corrected chi connectivity index (χ4v) is 2.08. The lowest BCUT2D eigenvalue weighted by Crippen LogP contribution is -2.22. The lowest BCUT2D eigenvalue weighted by molar-refractivity contribution is -0.114. The Morgan fingerprint density at radius 2 is 1.88 bits per heavy atom. The Hall–Kier alpha value is -3.22. The Kier molecular flexibility index (Phi) is 5.62. The van der Waals surface area contributed by atoms with Gasteiger partial charge < -0.3 is 25.8 Å². The van der Waals surface area contributed by atoms with Crippen LogP contribution < -0.4 is 25.8 Å². The molecule has 7 nitrogen and oxygen atoms in total. The minimum atomic E-state index is -0.554. The highest BCUT2D eigenvalue weighted by atomic mass is 16.5. The molecule has 0 radical (unpaired) electrons. The van der Waals surface area contributed by atoms with E-state index in [4.69, 9.17) is 15.2 Å². The average molecular weight is 329 g/mol. The van der Waals surface area contributed by atoms with Crippen molar-refractivity contribution in [2.24, 2.45) is 5.73 Å². The number of rotatable bonds is 7. The molecule has 0 fully saturated rings. The fourth-order valence-electron chi connectivity index (χ4n) is 2.08. The molecule has 0 aliphatic carbocycles. The molecule has 2 rings (SSSR count). The Balaban J connectivity index is 2.02. The van der Waals surface area contributed by atoms with Crippen LogP contribution in [-0.4, -0.2) is 32.6 Å². The molecule has 24 heavy (non-hydrogen) atoms. The zero-order valence-electron chi connectivity index (χ0n) is 13.5. The molecule has 2 aromatic carbocycles. The van der Waals surface area contributed by atoms with Gasteiger partial charge in [0, 0.05) is 17.3 Å². The van der Waals surface area contributed by atoms with Crippen molar-refractivity contribution < 1.29 is 19.1 Å². The van der Waals surface area contributed by atoms with E-state index < -0.39 is 5.91 Å². The van der Waals surface area contributed by atoms with Crippen molar-refractivity contribution in [3.05, 3.63) is 48.0 Å². The number of primary amides is 1. The first-order chi connectivity index (χ1) is 11.5. The molecule has 0 bridgehead atoms. The van der Waals surface area contributed by atoms with Crippen LogP contribution in [0.3, 0.4) is 0 Å². The van der Waals surface area contributed by atoms with Crippen molar-refractivity contribution in [3.8, 4) is 11.5 Å². The molecule has 0 aliphatic heterocycles. The van der Waals surface area contributed by atoms with E-state index >= 15 is 0 Å². The predicted octanol–water partition coefficient (Wildman–Crippen LogP) is 1.85. The van der Waals surface area contributed by atoms with Crippen molar-refractivity contribution in [3.63, 3.8) is 0 Å². The lowest BCUT2D eigenvalue weighted by Gasteiger charge is -2.12. The summed E-state index contributed by atoms with van der Waals surface area (Å²) in [5, 5.41) is 5.68. The molecule has 0 atom stereocenters. The van der Waals surface area contributed by atoms with E-state index in [0.29, 0.717) is 28.4 Å². The number of carbonyl (C=O) groups excluding carboxylic acids is 2. The summed E-state index contributed by atoms with van der Waals surface area (Å²) in [4.78, 5) is 23.3. The number of nitrogens with one attached hydrogen (secondary N) is 2. The summed E-state index contributed by atoms with van der Waals surface area (Å²) in [6, 6.07) is 11.8. The van der Waals surface area contributed by atoms with Gasteiger partial charge in [-0.1, -0.05) is 6.07 Å². The van der Waals surface area contributed by atoms with E-state index in [9.17, 15) is 9.59 Å². The van der Waals surface area contributed by atoms with Crippen molar-refractivity contribution in [2.45, 2.75) is 0 Å². The number of methoxy groups -OCH3 is 2. The second-order valence-electron chi connectivity index (χ2n) is 4.91. The molecule has 0 aliphatic rings. The first-order valence-corrected chi connectivity index (χ1v) is 7.19. The van der Waals surface area contributed by atoms with Gasteiger partial charge in [0.15, 0.2) is 0 Å². The van der Waals surface area contributed by atoms with Crippen LogP contribution in [0.5, 0.6) is 11.5 Å². The van der Waals surface area contributed by atoms with Crippen LogP contribution in [0.4, 0.5) is 11.4 Å². The molecule has 2 aromatic rings. The molecule has 0 saturated heterocycles. The molecule has 126 valence electrons. The Morgan fingerprint density at radius 1 is 1.08 bits per heavy atom. The number of nitrogens with two attached hydrogens (primary N) is 1. The zero-order chi connectivity index (χ0) is 17.5. The highest BCUT2D eigenvalue weighted by Crippen LogP contribution is 2.25. The summed E-state index contributed by atoms with van der Waals surface area (Å²) in [6.07, 6.45) is 0. The normalized spacial score (nSPS) is 9.92. The molecule has 2 amide bonds. The van der Waals surface area contributed by atoms with Gasteiger partial charge in [0.1, 0.15) is 11.5 Å². The third kappa shape index (κ3) is 4.39. The molecule has 0 unspecified atom stereocenters. The maximum atomic E-state index is 12.1. The van der Waals surface area contributed by atoms with E-state index in [1.165, 1.54) is 7.11 Å². The molecular weight excluding hydrogens is 310 g/mol. The number of benzene rings is 2. The largest absolute Gasteiger partial charge is 0.497 e. The van der Waals surface area contributed by atoms with E-state index in [-0.39, 0.29) is 12.5 Å². The monoisotopic (exact) mass is 329 g/mol. The SMILES string of the molecule is COc1cccc(NC(=O)CNc2cc(C(N)=O)ccc2OC)c1. The van der Waals surface area contributed by atoms with Crippen LogP contribution in [-0.2, 0) is 4.79 Å². The standard InChI is InChI=1S/C17H19N3O4/c1-23-13-5-3-4-12(9-13)20-16(21)10-19-14-8-11(17(18)22)6-7-15(14)24-2/h3-9,19H,10H2,1-2H3,(H2,18,22)(H,20,21). The number of ether oxygens (including phenoxy) is 2. The van der Waals surface area contributed by atoms with Gasteiger partial charge in [0.2, 0.25) is 11.8 Å². The molecule has 0 aromatic heterocycles. The Bertz CT molecular complexity index is 746.